The number of nitrogens with zero attached hydrogens (tertiary/aromatic N) is 5. The van der Waals surface area contributed by atoms with Crippen LogP contribution in [0.15, 0.2) is 33.5 Å². The SMILES string of the molecule is O=c1oc2ccccc2n1CCCSCc1nnnn1C1CC1. The van der Waals surface area contributed by atoms with E-state index in [1.807, 2.05) is 28.9 Å². The fourth-order valence-corrected chi connectivity index (χ4v) is 3.47. The Morgan fingerprint density at radius 3 is 3.04 bits per heavy atom. The molecule has 3 aromatic rings. The summed E-state index contributed by atoms with van der Waals surface area (Å²) in [5.74, 6) is 2.42. The summed E-state index contributed by atoms with van der Waals surface area (Å²) in [6, 6.07) is 8.03. The second-order valence-electron chi connectivity index (χ2n) is 5.66. The molecule has 1 saturated carbocycles. The summed E-state index contributed by atoms with van der Waals surface area (Å²) in [4.78, 5) is 11.9. The van der Waals surface area contributed by atoms with Gasteiger partial charge in [0.15, 0.2) is 11.4 Å². The van der Waals surface area contributed by atoms with Crippen LogP contribution in [-0.4, -0.2) is 30.5 Å². The van der Waals surface area contributed by atoms with Gasteiger partial charge in [-0.2, -0.15) is 11.8 Å². The van der Waals surface area contributed by atoms with Crippen LogP contribution in [0.3, 0.4) is 0 Å². The van der Waals surface area contributed by atoms with E-state index in [0.29, 0.717) is 18.2 Å². The van der Waals surface area contributed by atoms with E-state index in [1.54, 1.807) is 16.3 Å². The molecular weight excluding hydrogens is 314 g/mol. The van der Waals surface area contributed by atoms with Crippen LogP contribution < -0.4 is 5.76 Å². The fourth-order valence-electron chi connectivity index (χ4n) is 2.62. The Labute approximate surface area is 136 Å². The van der Waals surface area contributed by atoms with Gasteiger partial charge in [-0.1, -0.05) is 12.1 Å². The standard InChI is InChI=1S/C15H17N5O2S/c21-15-19(12-4-1-2-5-13(12)22-15)8-3-9-23-10-14-16-17-18-20(14)11-6-7-11/h1-2,4-5,11H,3,6-10H2. The molecule has 23 heavy (non-hydrogen) atoms. The number of benzene rings is 1. The molecule has 0 unspecified atom stereocenters. The topological polar surface area (TPSA) is 78.7 Å². The minimum Gasteiger partial charge on any atom is -0.408 e. The molecule has 0 saturated heterocycles. The summed E-state index contributed by atoms with van der Waals surface area (Å²) in [5.41, 5.74) is 1.51. The minimum atomic E-state index is -0.283. The molecule has 0 spiro atoms. The lowest BCUT2D eigenvalue weighted by Crippen LogP contribution is -2.14. The first-order valence-electron chi connectivity index (χ1n) is 7.76. The number of fused-ring (bicyclic) bond motifs is 1. The van der Waals surface area contributed by atoms with Crippen LogP contribution in [-0.2, 0) is 12.3 Å². The zero-order chi connectivity index (χ0) is 15.6. The summed E-state index contributed by atoms with van der Waals surface area (Å²) in [5, 5.41) is 11.9. The molecule has 1 aliphatic carbocycles. The third-order valence-corrected chi connectivity index (χ3v) is 4.97. The highest BCUT2D eigenvalue weighted by molar-refractivity contribution is 7.98. The molecule has 4 rings (SSSR count). The Hall–Kier alpha value is -2.09. The molecule has 1 fully saturated rings. The molecule has 0 aliphatic heterocycles. The maximum atomic E-state index is 11.9. The zero-order valence-electron chi connectivity index (χ0n) is 12.6. The number of thioether (sulfide) groups is 1. The molecule has 0 amide bonds. The van der Waals surface area contributed by atoms with Gasteiger partial charge < -0.3 is 4.42 Å². The van der Waals surface area contributed by atoms with Gasteiger partial charge in [0, 0.05) is 6.54 Å². The normalized spacial score (nSPS) is 14.6. The fraction of sp³-hybridized carbons (Fsp3) is 0.467. The Kier molecular flexibility index (Phi) is 3.90. The first kappa shape index (κ1) is 14.5. The lowest BCUT2D eigenvalue weighted by molar-refractivity contribution is 0.503. The van der Waals surface area contributed by atoms with Crippen LogP contribution in [0.5, 0.6) is 0 Å². The van der Waals surface area contributed by atoms with Gasteiger partial charge in [-0.25, -0.2) is 9.48 Å². The highest BCUT2D eigenvalue weighted by Gasteiger charge is 2.27. The van der Waals surface area contributed by atoms with Gasteiger partial charge in [0.25, 0.3) is 0 Å². The van der Waals surface area contributed by atoms with Crippen LogP contribution in [0.1, 0.15) is 31.1 Å². The van der Waals surface area contributed by atoms with Gasteiger partial charge in [0.05, 0.1) is 17.3 Å². The maximum Gasteiger partial charge on any atom is 0.419 e. The van der Waals surface area contributed by atoms with Crippen LogP contribution in [0.2, 0.25) is 0 Å². The van der Waals surface area contributed by atoms with Crippen molar-refractivity contribution in [2.45, 2.75) is 37.6 Å². The molecular formula is C15H17N5O2S. The molecule has 2 heterocycles. The average molecular weight is 331 g/mol. The number of para-hydroxylation sites is 2. The van der Waals surface area contributed by atoms with Crippen LogP contribution in [0.25, 0.3) is 11.1 Å². The van der Waals surface area contributed by atoms with Crippen molar-refractivity contribution in [3.63, 3.8) is 0 Å². The second-order valence-corrected chi connectivity index (χ2v) is 6.77. The van der Waals surface area contributed by atoms with Gasteiger partial charge >= 0.3 is 5.76 Å². The van der Waals surface area contributed by atoms with E-state index in [1.165, 1.54) is 12.8 Å². The molecule has 8 heteroatoms. The monoisotopic (exact) mass is 331 g/mol. The van der Waals surface area contributed by atoms with E-state index >= 15 is 0 Å². The van der Waals surface area contributed by atoms with Gasteiger partial charge in [-0.3, -0.25) is 4.57 Å². The average Bonchev–Trinajstić information content (AvgIpc) is 3.21. The first-order valence-corrected chi connectivity index (χ1v) is 8.91. The number of rotatable bonds is 7. The molecule has 1 aromatic carbocycles. The van der Waals surface area contributed by atoms with Crippen LogP contribution in [0, 0.1) is 0 Å². The number of oxazole rings is 1. The summed E-state index contributed by atoms with van der Waals surface area (Å²) >= 11 is 1.79. The van der Waals surface area contributed by atoms with E-state index in [0.717, 1.165) is 29.3 Å². The van der Waals surface area contributed by atoms with E-state index in [-0.39, 0.29) is 5.76 Å². The molecule has 0 N–H and O–H groups in total. The van der Waals surface area contributed by atoms with Crippen molar-refractivity contribution in [1.29, 1.82) is 0 Å². The van der Waals surface area contributed by atoms with Gasteiger partial charge in [-0.15, -0.1) is 5.10 Å². The van der Waals surface area contributed by atoms with Gasteiger partial charge in [0.2, 0.25) is 0 Å². The van der Waals surface area contributed by atoms with E-state index in [9.17, 15) is 4.79 Å². The van der Waals surface area contributed by atoms with E-state index < -0.39 is 0 Å². The van der Waals surface area contributed by atoms with Gasteiger partial charge in [-0.05, 0) is 47.6 Å². The Bertz CT molecular complexity index is 864. The second kappa shape index (κ2) is 6.19. The van der Waals surface area contributed by atoms with Crippen molar-refractivity contribution in [1.82, 2.24) is 24.8 Å². The van der Waals surface area contributed by atoms with E-state index in [2.05, 4.69) is 15.5 Å². The van der Waals surface area contributed by atoms with Crippen molar-refractivity contribution in [3.8, 4) is 0 Å². The lowest BCUT2D eigenvalue weighted by atomic mass is 10.3. The van der Waals surface area contributed by atoms with Crippen molar-refractivity contribution in [2.24, 2.45) is 0 Å². The van der Waals surface area contributed by atoms with Crippen molar-refractivity contribution in [2.75, 3.05) is 5.75 Å². The highest BCUT2D eigenvalue weighted by atomic mass is 32.2. The Morgan fingerprint density at radius 2 is 2.17 bits per heavy atom. The number of tetrazole rings is 1. The molecule has 0 bridgehead atoms. The predicted octanol–water partition coefficient (Wildman–Crippen LogP) is 2.24. The molecule has 1 aliphatic rings. The van der Waals surface area contributed by atoms with Crippen molar-refractivity contribution >= 4 is 22.9 Å². The predicted molar refractivity (Wildman–Crippen MR) is 87.3 cm³/mol. The van der Waals surface area contributed by atoms with Crippen molar-refractivity contribution < 1.29 is 4.42 Å². The molecule has 0 atom stereocenters. The number of hydrogen-bond donors (Lipinski definition) is 0. The quantitative estimate of drug-likeness (QED) is 0.618. The molecule has 120 valence electrons. The highest BCUT2D eigenvalue weighted by Crippen LogP contribution is 2.34. The maximum absolute atomic E-state index is 11.9. The molecule has 0 radical (unpaired) electrons. The third-order valence-electron chi connectivity index (χ3n) is 3.93. The van der Waals surface area contributed by atoms with Crippen LogP contribution >= 0.6 is 11.8 Å². The third kappa shape index (κ3) is 3.03. The summed E-state index contributed by atoms with van der Waals surface area (Å²) in [6.45, 7) is 0.663. The largest absolute Gasteiger partial charge is 0.419 e. The summed E-state index contributed by atoms with van der Waals surface area (Å²) in [7, 11) is 0. The number of aryl methyl sites for hydroxylation is 1. The van der Waals surface area contributed by atoms with Gasteiger partial charge in [0.1, 0.15) is 0 Å². The molecule has 2 aromatic heterocycles. The van der Waals surface area contributed by atoms with Crippen LogP contribution in [0.4, 0.5) is 0 Å². The zero-order valence-corrected chi connectivity index (χ0v) is 13.4. The molecule has 7 nitrogen and oxygen atoms in total. The summed E-state index contributed by atoms with van der Waals surface area (Å²) in [6.07, 6.45) is 3.26. The summed E-state index contributed by atoms with van der Waals surface area (Å²) < 4.78 is 8.88. The lowest BCUT2D eigenvalue weighted by Gasteiger charge is -2.04. The number of hydrogen-bond acceptors (Lipinski definition) is 6. The Morgan fingerprint density at radius 1 is 1.30 bits per heavy atom. The Balaban J connectivity index is 1.31. The first-order chi connectivity index (χ1) is 11.3. The number of aromatic nitrogens is 5. The van der Waals surface area contributed by atoms with E-state index in [4.69, 9.17) is 4.42 Å². The minimum absolute atomic E-state index is 0.283. The van der Waals surface area contributed by atoms with Crippen molar-refractivity contribution in [3.05, 3.63) is 40.6 Å². The smallest absolute Gasteiger partial charge is 0.408 e.